The molecule has 19 heavy (non-hydrogen) atoms. The van der Waals surface area contributed by atoms with Crippen molar-refractivity contribution in [2.75, 3.05) is 12.8 Å². The normalized spacial score (nSPS) is 11.6. The van der Waals surface area contributed by atoms with Gasteiger partial charge in [0.25, 0.3) is 0 Å². The number of H-pyrrole nitrogens is 1. The average Bonchev–Trinajstić information content (AvgIpc) is 2.73. The number of hydrogen-bond acceptors (Lipinski definition) is 3. The highest BCUT2D eigenvalue weighted by molar-refractivity contribution is 5.78. The van der Waals surface area contributed by atoms with Gasteiger partial charge < -0.3 is 10.5 Å². The Morgan fingerprint density at radius 3 is 2.53 bits per heavy atom. The summed E-state index contributed by atoms with van der Waals surface area (Å²) in [5.41, 5.74) is 9.28. The second kappa shape index (κ2) is 4.96. The summed E-state index contributed by atoms with van der Waals surface area (Å²) in [5.74, 6) is 1.37. The molecule has 2 aromatic rings. The number of ether oxygens (including phenoxy) is 1. The molecule has 0 unspecified atom stereocenters. The molecule has 0 saturated heterocycles. The number of aromatic nitrogens is 2. The maximum Gasteiger partial charge on any atom is 0.126 e. The first kappa shape index (κ1) is 13.5. The van der Waals surface area contributed by atoms with Gasteiger partial charge in [0.2, 0.25) is 0 Å². The van der Waals surface area contributed by atoms with E-state index >= 15 is 0 Å². The van der Waals surface area contributed by atoms with E-state index in [1.807, 2.05) is 6.07 Å². The van der Waals surface area contributed by atoms with E-state index in [-0.39, 0.29) is 5.41 Å². The largest absolute Gasteiger partial charge is 0.496 e. The number of nitrogens with two attached hydrogens (primary N) is 1. The number of benzene rings is 1. The molecular weight excluding hydrogens is 238 g/mol. The summed E-state index contributed by atoms with van der Waals surface area (Å²) in [5, 5.41) is 6.73. The van der Waals surface area contributed by atoms with Gasteiger partial charge in [0.15, 0.2) is 0 Å². The van der Waals surface area contributed by atoms with Crippen molar-refractivity contribution in [1.82, 2.24) is 10.2 Å². The lowest BCUT2D eigenvalue weighted by molar-refractivity contribution is 0.407. The Bertz CT molecular complexity index is 567. The number of aromatic amines is 1. The van der Waals surface area contributed by atoms with Gasteiger partial charge in [0.1, 0.15) is 11.6 Å². The van der Waals surface area contributed by atoms with Gasteiger partial charge in [-0.3, -0.25) is 5.10 Å². The maximum absolute atomic E-state index is 5.90. The van der Waals surface area contributed by atoms with Crippen LogP contribution < -0.4 is 10.5 Å². The Balaban J connectivity index is 2.46. The molecule has 0 saturated carbocycles. The van der Waals surface area contributed by atoms with Crippen molar-refractivity contribution < 1.29 is 4.74 Å². The van der Waals surface area contributed by atoms with Gasteiger partial charge in [0, 0.05) is 11.1 Å². The second-order valence-electron chi connectivity index (χ2n) is 5.97. The second-order valence-corrected chi connectivity index (χ2v) is 5.97. The standard InChI is InChI=1S/C15H21N3O/c1-15(2,3)8-10-5-6-13(19-4)11(7-10)12-9-17-18-14(12)16/h5-7,9H,8H2,1-4H3,(H3,16,17,18). The molecular formula is C15H21N3O. The van der Waals surface area contributed by atoms with E-state index in [9.17, 15) is 0 Å². The molecule has 3 N–H and O–H groups in total. The zero-order chi connectivity index (χ0) is 14.0. The molecule has 4 heteroatoms. The first-order chi connectivity index (χ1) is 8.90. The van der Waals surface area contributed by atoms with Crippen molar-refractivity contribution in [3.05, 3.63) is 30.0 Å². The predicted octanol–water partition coefficient (Wildman–Crippen LogP) is 3.26. The van der Waals surface area contributed by atoms with E-state index in [2.05, 4.69) is 43.1 Å². The molecule has 2 rings (SSSR count). The van der Waals surface area contributed by atoms with Gasteiger partial charge in [-0.25, -0.2) is 0 Å². The zero-order valence-electron chi connectivity index (χ0n) is 11.9. The third kappa shape index (κ3) is 3.08. The maximum atomic E-state index is 5.90. The number of rotatable bonds is 3. The Morgan fingerprint density at radius 2 is 2.00 bits per heavy atom. The fourth-order valence-electron chi connectivity index (χ4n) is 2.20. The van der Waals surface area contributed by atoms with Crippen LogP contribution in [0.5, 0.6) is 5.75 Å². The van der Waals surface area contributed by atoms with E-state index in [4.69, 9.17) is 10.5 Å². The third-order valence-corrected chi connectivity index (χ3v) is 2.96. The molecule has 0 spiro atoms. The fourth-order valence-corrected chi connectivity index (χ4v) is 2.20. The number of nitrogens with one attached hydrogen (secondary N) is 1. The van der Waals surface area contributed by atoms with Crippen molar-refractivity contribution >= 4 is 5.82 Å². The molecule has 1 heterocycles. The van der Waals surface area contributed by atoms with Crippen LogP contribution in [-0.2, 0) is 6.42 Å². The van der Waals surface area contributed by atoms with Gasteiger partial charge in [0.05, 0.1) is 13.3 Å². The molecule has 0 bridgehead atoms. The average molecular weight is 259 g/mol. The summed E-state index contributed by atoms with van der Waals surface area (Å²) in [7, 11) is 1.67. The molecule has 0 radical (unpaired) electrons. The summed E-state index contributed by atoms with van der Waals surface area (Å²) < 4.78 is 5.41. The fraction of sp³-hybridized carbons (Fsp3) is 0.400. The summed E-state index contributed by atoms with van der Waals surface area (Å²) in [6, 6.07) is 6.22. The third-order valence-electron chi connectivity index (χ3n) is 2.96. The van der Waals surface area contributed by atoms with Crippen LogP contribution in [0.2, 0.25) is 0 Å². The van der Waals surface area contributed by atoms with Crippen molar-refractivity contribution in [2.45, 2.75) is 27.2 Å². The highest BCUT2D eigenvalue weighted by atomic mass is 16.5. The highest BCUT2D eigenvalue weighted by Crippen LogP contribution is 2.34. The molecule has 1 aromatic heterocycles. The minimum Gasteiger partial charge on any atom is -0.496 e. The van der Waals surface area contributed by atoms with E-state index in [0.29, 0.717) is 5.82 Å². The molecule has 1 aromatic carbocycles. The number of methoxy groups -OCH3 is 1. The molecule has 0 aliphatic heterocycles. The van der Waals surface area contributed by atoms with Gasteiger partial charge >= 0.3 is 0 Å². The lowest BCUT2D eigenvalue weighted by Crippen LogP contribution is -2.09. The van der Waals surface area contributed by atoms with Gasteiger partial charge in [-0.05, 0) is 29.5 Å². The molecule has 4 nitrogen and oxygen atoms in total. The summed E-state index contributed by atoms with van der Waals surface area (Å²) in [4.78, 5) is 0. The molecule has 102 valence electrons. The van der Waals surface area contributed by atoms with E-state index in [0.717, 1.165) is 23.3 Å². The zero-order valence-corrected chi connectivity index (χ0v) is 11.9. The Hall–Kier alpha value is -1.97. The number of anilines is 1. The Kier molecular flexibility index (Phi) is 3.51. The van der Waals surface area contributed by atoms with E-state index < -0.39 is 0 Å². The number of nitrogen functional groups attached to an aromatic ring is 1. The van der Waals surface area contributed by atoms with Crippen LogP contribution in [0.4, 0.5) is 5.82 Å². The molecule has 0 aliphatic rings. The Labute approximate surface area is 114 Å². The van der Waals surface area contributed by atoms with Gasteiger partial charge in [-0.1, -0.05) is 26.8 Å². The quantitative estimate of drug-likeness (QED) is 0.889. The van der Waals surface area contributed by atoms with Crippen LogP contribution in [0.3, 0.4) is 0 Å². The SMILES string of the molecule is COc1ccc(CC(C)(C)C)cc1-c1cn[nH]c1N. The van der Waals surface area contributed by atoms with E-state index in [1.165, 1.54) is 5.56 Å². The molecule has 0 amide bonds. The van der Waals surface area contributed by atoms with E-state index in [1.54, 1.807) is 13.3 Å². The van der Waals surface area contributed by atoms with Crippen molar-refractivity contribution in [1.29, 1.82) is 0 Å². The van der Waals surface area contributed by atoms with Crippen LogP contribution in [0.1, 0.15) is 26.3 Å². The summed E-state index contributed by atoms with van der Waals surface area (Å²) in [6.07, 6.45) is 2.73. The summed E-state index contributed by atoms with van der Waals surface area (Å²) in [6.45, 7) is 6.68. The van der Waals surface area contributed by atoms with Gasteiger partial charge in [-0.2, -0.15) is 5.10 Å². The lowest BCUT2D eigenvalue weighted by atomic mass is 9.87. The van der Waals surface area contributed by atoms with Crippen LogP contribution in [0.15, 0.2) is 24.4 Å². The number of nitrogens with zero attached hydrogens (tertiary/aromatic N) is 1. The molecule has 0 aliphatic carbocycles. The smallest absolute Gasteiger partial charge is 0.126 e. The van der Waals surface area contributed by atoms with Gasteiger partial charge in [-0.15, -0.1) is 0 Å². The number of hydrogen-bond donors (Lipinski definition) is 2. The first-order valence-electron chi connectivity index (χ1n) is 6.37. The van der Waals surface area contributed by atoms with Crippen molar-refractivity contribution in [2.24, 2.45) is 5.41 Å². The molecule has 0 atom stereocenters. The minimum atomic E-state index is 0.244. The predicted molar refractivity (Wildman–Crippen MR) is 78.1 cm³/mol. The monoisotopic (exact) mass is 259 g/mol. The van der Waals surface area contributed by atoms with Crippen molar-refractivity contribution in [3.8, 4) is 16.9 Å². The highest BCUT2D eigenvalue weighted by Gasteiger charge is 2.15. The van der Waals surface area contributed by atoms with Crippen LogP contribution in [0.25, 0.3) is 11.1 Å². The Morgan fingerprint density at radius 1 is 1.26 bits per heavy atom. The van der Waals surface area contributed by atoms with Crippen LogP contribution >= 0.6 is 0 Å². The first-order valence-corrected chi connectivity index (χ1v) is 6.37. The minimum absolute atomic E-state index is 0.244. The van der Waals surface area contributed by atoms with Crippen molar-refractivity contribution in [3.63, 3.8) is 0 Å². The topological polar surface area (TPSA) is 63.9 Å². The van der Waals surface area contributed by atoms with Crippen LogP contribution in [-0.4, -0.2) is 17.3 Å². The molecule has 0 fully saturated rings. The summed E-state index contributed by atoms with van der Waals surface area (Å²) >= 11 is 0. The lowest BCUT2D eigenvalue weighted by Gasteiger charge is -2.19. The van der Waals surface area contributed by atoms with Crippen LogP contribution in [0, 0.1) is 5.41 Å².